The third kappa shape index (κ3) is 4.34. The van der Waals surface area contributed by atoms with Crippen LogP contribution in [0.3, 0.4) is 0 Å². The molecule has 0 bridgehead atoms. The number of hydrogen-bond donors (Lipinski definition) is 0. The molecule has 1 heterocycles. The Labute approximate surface area is 120 Å². The van der Waals surface area contributed by atoms with Crippen molar-refractivity contribution in [3.8, 4) is 0 Å². The van der Waals surface area contributed by atoms with Gasteiger partial charge in [0.25, 0.3) is 0 Å². The number of likely N-dealkylation sites (tertiary alicyclic amines) is 1. The molecule has 0 unspecified atom stereocenters. The monoisotopic (exact) mass is 295 g/mol. The molecule has 1 saturated heterocycles. The summed E-state index contributed by atoms with van der Waals surface area (Å²) in [7, 11) is -3.39. The summed E-state index contributed by atoms with van der Waals surface area (Å²) in [6, 6.07) is 8.99. The highest BCUT2D eigenvalue weighted by Gasteiger charge is 2.25. The first-order chi connectivity index (χ1) is 9.46. The van der Waals surface area contributed by atoms with Gasteiger partial charge in [-0.2, -0.15) is 0 Å². The highest BCUT2D eigenvalue weighted by atomic mass is 32.2. The standard InChI is InChI=1S/C15H21NO3S/c1-13-7-9-16(10-8-13)15(17)12-20(18,19)11-14-5-3-2-4-6-14/h2-6,13H,7-12H2,1H3. The van der Waals surface area contributed by atoms with Gasteiger partial charge in [0.1, 0.15) is 5.75 Å². The van der Waals surface area contributed by atoms with Gasteiger partial charge in [0.05, 0.1) is 5.75 Å². The van der Waals surface area contributed by atoms with Crippen LogP contribution in [0.5, 0.6) is 0 Å². The molecule has 0 aromatic heterocycles. The molecule has 1 aliphatic rings. The van der Waals surface area contributed by atoms with E-state index >= 15 is 0 Å². The molecular weight excluding hydrogens is 274 g/mol. The van der Waals surface area contributed by atoms with Crippen molar-refractivity contribution in [3.05, 3.63) is 35.9 Å². The maximum atomic E-state index is 12.1. The van der Waals surface area contributed by atoms with Gasteiger partial charge in [0, 0.05) is 13.1 Å². The Morgan fingerprint density at radius 2 is 1.80 bits per heavy atom. The van der Waals surface area contributed by atoms with Crippen molar-refractivity contribution >= 4 is 15.7 Å². The molecule has 1 fully saturated rings. The van der Waals surface area contributed by atoms with Crippen LogP contribution in [0, 0.1) is 5.92 Å². The fourth-order valence-electron chi connectivity index (χ4n) is 2.42. The lowest BCUT2D eigenvalue weighted by Crippen LogP contribution is -2.41. The second kappa shape index (κ2) is 6.39. The van der Waals surface area contributed by atoms with Crippen LogP contribution in [0.1, 0.15) is 25.3 Å². The number of benzene rings is 1. The van der Waals surface area contributed by atoms with E-state index in [-0.39, 0.29) is 17.4 Å². The summed E-state index contributed by atoms with van der Waals surface area (Å²) in [6.07, 6.45) is 1.93. The zero-order valence-electron chi connectivity index (χ0n) is 11.8. The van der Waals surface area contributed by atoms with E-state index in [1.165, 1.54) is 0 Å². The normalized spacial score (nSPS) is 17.1. The number of sulfone groups is 1. The second-order valence-electron chi connectivity index (χ2n) is 5.58. The summed E-state index contributed by atoms with van der Waals surface area (Å²) >= 11 is 0. The number of piperidine rings is 1. The Morgan fingerprint density at radius 1 is 1.20 bits per heavy atom. The van der Waals surface area contributed by atoms with Gasteiger partial charge in [-0.3, -0.25) is 4.79 Å². The summed E-state index contributed by atoms with van der Waals surface area (Å²) in [5.41, 5.74) is 0.729. The summed E-state index contributed by atoms with van der Waals surface area (Å²) in [5.74, 6) is -0.0760. The van der Waals surface area contributed by atoms with E-state index in [1.54, 1.807) is 29.2 Å². The molecular formula is C15H21NO3S. The van der Waals surface area contributed by atoms with Crippen LogP contribution in [0.25, 0.3) is 0 Å². The fourth-order valence-corrected chi connectivity index (χ4v) is 3.78. The van der Waals surface area contributed by atoms with Crippen molar-refractivity contribution in [2.45, 2.75) is 25.5 Å². The number of rotatable bonds is 4. The van der Waals surface area contributed by atoms with Crippen LogP contribution >= 0.6 is 0 Å². The van der Waals surface area contributed by atoms with Gasteiger partial charge in [-0.05, 0) is 24.3 Å². The van der Waals surface area contributed by atoms with Crippen molar-refractivity contribution in [1.29, 1.82) is 0 Å². The zero-order chi connectivity index (χ0) is 14.6. The fraction of sp³-hybridized carbons (Fsp3) is 0.533. The summed E-state index contributed by atoms with van der Waals surface area (Å²) in [5, 5.41) is 0. The van der Waals surface area contributed by atoms with Gasteiger partial charge < -0.3 is 4.90 Å². The number of amides is 1. The number of nitrogens with zero attached hydrogens (tertiary/aromatic N) is 1. The molecule has 1 aromatic rings. The molecule has 1 aromatic carbocycles. The maximum absolute atomic E-state index is 12.1. The molecule has 2 rings (SSSR count). The Bertz CT molecular complexity index is 546. The van der Waals surface area contributed by atoms with Gasteiger partial charge in [-0.1, -0.05) is 37.3 Å². The van der Waals surface area contributed by atoms with E-state index in [2.05, 4.69) is 6.92 Å². The lowest BCUT2D eigenvalue weighted by molar-refractivity contribution is -0.129. The smallest absolute Gasteiger partial charge is 0.237 e. The number of hydrogen-bond acceptors (Lipinski definition) is 3. The van der Waals surface area contributed by atoms with E-state index in [1.807, 2.05) is 6.07 Å². The molecule has 0 saturated carbocycles. The lowest BCUT2D eigenvalue weighted by atomic mass is 9.99. The van der Waals surface area contributed by atoms with Crippen LogP contribution in [0.2, 0.25) is 0 Å². The highest BCUT2D eigenvalue weighted by molar-refractivity contribution is 7.91. The Hall–Kier alpha value is -1.36. The SMILES string of the molecule is CC1CCN(C(=O)CS(=O)(=O)Cc2ccccc2)CC1. The van der Waals surface area contributed by atoms with E-state index in [0.717, 1.165) is 18.4 Å². The average molecular weight is 295 g/mol. The van der Waals surface area contributed by atoms with E-state index in [0.29, 0.717) is 19.0 Å². The molecule has 110 valence electrons. The van der Waals surface area contributed by atoms with Crippen molar-refractivity contribution in [1.82, 2.24) is 4.90 Å². The van der Waals surface area contributed by atoms with Crippen molar-refractivity contribution in [2.24, 2.45) is 5.92 Å². The molecule has 0 aliphatic carbocycles. The van der Waals surface area contributed by atoms with Gasteiger partial charge in [-0.25, -0.2) is 8.42 Å². The Balaban J connectivity index is 1.93. The first kappa shape index (κ1) is 15.0. The largest absolute Gasteiger partial charge is 0.342 e. The van der Waals surface area contributed by atoms with Crippen LogP contribution in [-0.4, -0.2) is 38.1 Å². The Morgan fingerprint density at radius 3 is 2.40 bits per heavy atom. The molecule has 20 heavy (non-hydrogen) atoms. The molecule has 0 radical (unpaired) electrons. The second-order valence-corrected chi connectivity index (χ2v) is 7.65. The maximum Gasteiger partial charge on any atom is 0.237 e. The third-order valence-electron chi connectivity index (χ3n) is 3.71. The molecule has 1 aliphatic heterocycles. The topological polar surface area (TPSA) is 54.5 Å². The quantitative estimate of drug-likeness (QED) is 0.852. The molecule has 0 N–H and O–H groups in total. The summed E-state index contributed by atoms with van der Waals surface area (Å²) in [4.78, 5) is 13.7. The zero-order valence-corrected chi connectivity index (χ0v) is 12.6. The van der Waals surface area contributed by atoms with Crippen molar-refractivity contribution in [2.75, 3.05) is 18.8 Å². The first-order valence-corrected chi connectivity index (χ1v) is 8.80. The lowest BCUT2D eigenvalue weighted by Gasteiger charge is -2.30. The van der Waals surface area contributed by atoms with E-state index in [9.17, 15) is 13.2 Å². The molecule has 1 amide bonds. The van der Waals surface area contributed by atoms with Crippen LogP contribution in [0.4, 0.5) is 0 Å². The van der Waals surface area contributed by atoms with Gasteiger partial charge in [0.15, 0.2) is 9.84 Å². The number of carbonyl (C=O) groups excluding carboxylic acids is 1. The van der Waals surface area contributed by atoms with Crippen molar-refractivity contribution < 1.29 is 13.2 Å². The third-order valence-corrected chi connectivity index (χ3v) is 5.17. The molecule has 4 nitrogen and oxygen atoms in total. The van der Waals surface area contributed by atoms with E-state index in [4.69, 9.17) is 0 Å². The van der Waals surface area contributed by atoms with Crippen LogP contribution in [-0.2, 0) is 20.4 Å². The molecule has 0 atom stereocenters. The Kier molecular flexibility index (Phi) is 4.81. The average Bonchev–Trinajstić information content (AvgIpc) is 2.39. The minimum atomic E-state index is -3.39. The minimum absolute atomic E-state index is 0.0657. The predicted octanol–water partition coefficient (Wildman–Crippen LogP) is 1.86. The van der Waals surface area contributed by atoms with Gasteiger partial charge in [-0.15, -0.1) is 0 Å². The minimum Gasteiger partial charge on any atom is -0.342 e. The molecule has 0 spiro atoms. The molecule has 5 heteroatoms. The van der Waals surface area contributed by atoms with Gasteiger partial charge >= 0.3 is 0 Å². The van der Waals surface area contributed by atoms with E-state index < -0.39 is 9.84 Å². The highest BCUT2D eigenvalue weighted by Crippen LogP contribution is 2.16. The summed E-state index contributed by atoms with van der Waals surface area (Å²) < 4.78 is 24.1. The predicted molar refractivity (Wildman–Crippen MR) is 78.9 cm³/mol. The van der Waals surface area contributed by atoms with Gasteiger partial charge in [0.2, 0.25) is 5.91 Å². The van der Waals surface area contributed by atoms with Crippen molar-refractivity contribution in [3.63, 3.8) is 0 Å². The number of carbonyl (C=O) groups is 1. The van der Waals surface area contributed by atoms with Crippen LogP contribution < -0.4 is 0 Å². The van der Waals surface area contributed by atoms with Crippen LogP contribution in [0.15, 0.2) is 30.3 Å². The first-order valence-electron chi connectivity index (χ1n) is 6.98. The summed E-state index contributed by atoms with van der Waals surface area (Å²) in [6.45, 7) is 3.52.